The van der Waals surface area contributed by atoms with Gasteiger partial charge in [0.25, 0.3) is 0 Å². The van der Waals surface area contributed by atoms with Crippen LogP contribution in [0.15, 0.2) is 0 Å². The minimum Gasteiger partial charge on any atom is -0.357 e. The zero-order valence-corrected chi connectivity index (χ0v) is 7.31. The number of ether oxygens (including phenoxy) is 1. The molecule has 0 aromatic rings. The van der Waals surface area contributed by atoms with Crippen molar-refractivity contribution in [3.63, 3.8) is 0 Å². The normalized spacial score (nSPS) is 17.3. The van der Waals surface area contributed by atoms with Gasteiger partial charge in [-0.1, -0.05) is 13.8 Å². The Morgan fingerprint density at radius 2 is 2.22 bits per heavy atom. The van der Waals surface area contributed by atoms with Crippen LogP contribution in [-0.4, -0.2) is 9.80 Å². The molecule has 0 saturated carbocycles. The second-order valence-corrected chi connectivity index (χ2v) is 2.97. The summed E-state index contributed by atoms with van der Waals surface area (Å²) in [6.07, 6.45) is 1.33. The highest BCUT2D eigenvalue weighted by molar-refractivity contribution is 9.09. The fourth-order valence-corrected chi connectivity index (χ4v) is 0.427. The summed E-state index contributed by atoms with van der Waals surface area (Å²) in [4.78, 5) is 0. The molecule has 0 spiro atoms. The Hall–Kier alpha value is 0.400. The lowest BCUT2D eigenvalue weighted by molar-refractivity contribution is -0.0999. The molecule has 3 heteroatoms. The van der Waals surface area contributed by atoms with Crippen LogP contribution in [0.3, 0.4) is 0 Å². The van der Waals surface area contributed by atoms with E-state index in [2.05, 4.69) is 15.9 Å². The predicted molar refractivity (Wildman–Crippen MR) is 39.8 cm³/mol. The van der Waals surface area contributed by atoms with E-state index < -0.39 is 4.70 Å². The molecule has 2 nitrogen and oxygen atoms in total. The molecule has 0 aromatic carbocycles. The van der Waals surface area contributed by atoms with Crippen molar-refractivity contribution in [3.05, 3.63) is 6.61 Å². The monoisotopic (exact) mass is 195 g/mol. The van der Waals surface area contributed by atoms with Crippen LogP contribution in [0, 0.1) is 6.61 Å². The standard InChI is InChI=1S/C6H12BrO2/c1-3-5-9-6(7,8)4-2/h5,8H,3-4H2,1-2H3. The fraction of sp³-hybridized carbons (Fsp3) is 0.833. The minimum atomic E-state index is -1.15. The molecular formula is C6H12BrO2. The van der Waals surface area contributed by atoms with Gasteiger partial charge in [-0.15, -0.1) is 0 Å². The van der Waals surface area contributed by atoms with Gasteiger partial charge in [-0.05, 0) is 22.4 Å². The van der Waals surface area contributed by atoms with E-state index in [9.17, 15) is 0 Å². The first kappa shape index (κ1) is 9.40. The van der Waals surface area contributed by atoms with Crippen molar-refractivity contribution >= 4 is 15.9 Å². The van der Waals surface area contributed by atoms with Crippen molar-refractivity contribution in [1.29, 1.82) is 0 Å². The Labute approximate surface area is 64.3 Å². The van der Waals surface area contributed by atoms with Crippen molar-refractivity contribution in [2.75, 3.05) is 0 Å². The Kier molecular flexibility index (Phi) is 4.44. The van der Waals surface area contributed by atoms with Crippen molar-refractivity contribution in [2.45, 2.75) is 31.4 Å². The lowest BCUT2D eigenvalue weighted by atomic mass is 10.4. The van der Waals surface area contributed by atoms with E-state index in [-0.39, 0.29) is 0 Å². The van der Waals surface area contributed by atoms with Crippen molar-refractivity contribution in [3.8, 4) is 0 Å². The molecule has 9 heavy (non-hydrogen) atoms. The molecule has 0 aliphatic rings. The second kappa shape index (κ2) is 4.25. The Balaban J connectivity index is 3.33. The van der Waals surface area contributed by atoms with E-state index in [1.54, 1.807) is 6.61 Å². The van der Waals surface area contributed by atoms with Crippen LogP contribution in [0.2, 0.25) is 0 Å². The van der Waals surface area contributed by atoms with Gasteiger partial charge in [-0.25, -0.2) is 0 Å². The molecule has 55 valence electrons. The topological polar surface area (TPSA) is 29.5 Å². The van der Waals surface area contributed by atoms with Gasteiger partial charge in [-0.2, -0.15) is 0 Å². The highest BCUT2D eigenvalue weighted by Crippen LogP contribution is 2.20. The molecule has 0 aromatic heterocycles. The third-order valence-electron chi connectivity index (χ3n) is 0.867. The maximum atomic E-state index is 9.12. The van der Waals surface area contributed by atoms with Gasteiger partial charge in [0, 0.05) is 6.42 Å². The summed E-state index contributed by atoms with van der Waals surface area (Å²) < 4.78 is 3.73. The summed E-state index contributed by atoms with van der Waals surface area (Å²) in [7, 11) is 0. The second-order valence-electron chi connectivity index (χ2n) is 1.74. The largest absolute Gasteiger partial charge is 0.357 e. The van der Waals surface area contributed by atoms with E-state index in [1.807, 2.05) is 13.8 Å². The van der Waals surface area contributed by atoms with Gasteiger partial charge in [0.2, 0.25) is 4.70 Å². The van der Waals surface area contributed by atoms with Gasteiger partial charge in [0.05, 0.1) is 6.61 Å². The molecule has 0 rings (SSSR count). The first-order valence-electron chi connectivity index (χ1n) is 3.03. The average Bonchev–Trinajstić information content (AvgIpc) is 1.84. The van der Waals surface area contributed by atoms with Crippen LogP contribution >= 0.6 is 15.9 Å². The van der Waals surface area contributed by atoms with Crippen molar-refractivity contribution in [2.24, 2.45) is 0 Å². The van der Waals surface area contributed by atoms with Crippen LogP contribution in [0.25, 0.3) is 0 Å². The highest BCUT2D eigenvalue weighted by atomic mass is 79.9. The maximum Gasteiger partial charge on any atom is 0.223 e. The Morgan fingerprint density at radius 3 is 2.56 bits per heavy atom. The van der Waals surface area contributed by atoms with Crippen molar-refractivity contribution < 1.29 is 9.84 Å². The molecule has 1 unspecified atom stereocenters. The highest BCUT2D eigenvalue weighted by Gasteiger charge is 2.19. The molecule has 1 radical (unpaired) electrons. The van der Waals surface area contributed by atoms with Gasteiger partial charge in [0.15, 0.2) is 0 Å². The number of halogens is 1. The lowest BCUT2D eigenvalue weighted by Gasteiger charge is -2.18. The molecule has 1 N–H and O–H groups in total. The number of rotatable bonds is 4. The molecule has 0 aliphatic carbocycles. The molecule has 0 amide bonds. The lowest BCUT2D eigenvalue weighted by Crippen LogP contribution is -2.21. The molecule has 0 fully saturated rings. The summed E-state index contributed by atoms with van der Waals surface area (Å²) in [5.41, 5.74) is 0. The summed E-state index contributed by atoms with van der Waals surface area (Å²) >= 11 is 2.98. The summed E-state index contributed by atoms with van der Waals surface area (Å²) in [6.45, 7) is 5.34. The smallest absolute Gasteiger partial charge is 0.223 e. The van der Waals surface area contributed by atoms with Crippen LogP contribution < -0.4 is 0 Å². The molecule has 0 heterocycles. The van der Waals surface area contributed by atoms with E-state index in [4.69, 9.17) is 9.84 Å². The zero-order chi connectivity index (χ0) is 7.33. The summed E-state index contributed by atoms with van der Waals surface area (Å²) in [5, 5.41) is 9.12. The quantitative estimate of drug-likeness (QED) is 0.550. The van der Waals surface area contributed by atoms with Crippen LogP contribution in [0.1, 0.15) is 26.7 Å². The fourth-order valence-electron chi connectivity index (χ4n) is 0.294. The van der Waals surface area contributed by atoms with Crippen LogP contribution in [-0.2, 0) is 4.74 Å². The molecule has 0 bridgehead atoms. The third kappa shape index (κ3) is 4.88. The number of hydrogen-bond donors (Lipinski definition) is 1. The summed E-state index contributed by atoms with van der Waals surface area (Å²) in [5.74, 6) is 0. The maximum absolute atomic E-state index is 9.12. The Morgan fingerprint density at radius 1 is 1.67 bits per heavy atom. The zero-order valence-electron chi connectivity index (χ0n) is 5.72. The van der Waals surface area contributed by atoms with Crippen molar-refractivity contribution in [1.82, 2.24) is 0 Å². The van der Waals surface area contributed by atoms with Gasteiger partial charge >= 0.3 is 0 Å². The van der Waals surface area contributed by atoms with Crippen LogP contribution in [0.5, 0.6) is 0 Å². The average molecular weight is 196 g/mol. The molecular weight excluding hydrogens is 184 g/mol. The molecule has 0 saturated heterocycles. The van der Waals surface area contributed by atoms with E-state index in [1.165, 1.54) is 0 Å². The van der Waals surface area contributed by atoms with E-state index in [0.717, 1.165) is 6.42 Å². The van der Waals surface area contributed by atoms with Crippen LogP contribution in [0.4, 0.5) is 0 Å². The van der Waals surface area contributed by atoms with E-state index >= 15 is 0 Å². The number of aliphatic hydroxyl groups is 1. The first-order valence-corrected chi connectivity index (χ1v) is 3.82. The number of hydrogen-bond acceptors (Lipinski definition) is 2. The van der Waals surface area contributed by atoms with Gasteiger partial charge < -0.3 is 9.84 Å². The van der Waals surface area contributed by atoms with Gasteiger partial charge in [0.1, 0.15) is 0 Å². The Bertz CT molecular complexity index is 73.5. The SMILES string of the molecule is CC[CH]OC(O)(Br)CC. The minimum absolute atomic E-state index is 0.531. The van der Waals surface area contributed by atoms with E-state index in [0.29, 0.717) is 6.42 Å². The molecule has 0 aliphatic heterocycles. The summed E-state index contributed by atoms with van der Waals surface area (Å²) in [6, 6.07) is 0. The predicted octanol–water partition coefficient (Wildman–Crippen LogP) is 2.03. The molecule has 1 atom stereocenters. The third-order valence-corrected chi connectivity index (χ3v) is 1.61. The van der Waals surface area contributed by atoms with Gasteiger partial charge in [-0.3, -0.25) is 0 Å². The first-order chi connectivity index (χ1) is 4.12. The number of alkyl halides is 1.